The van der Waals surface area contributed by atoms with Gasteiger partial charge in [0.2, 0.25) is 10.0 Å². The van der Waals surface area contributed by atoms with Crippen molar-refractivity contribution < 1.29 is 18.3 Å². The molecule has 20 heavy (non-hydrogen) atoms. The molecule has 0 radical (unpaired) electrons. The number of carboxylic acid groups (broad SMARTS) is 1. The molecule has 5 nitrogen and oxygen atoms in total. The summed E-state index contributed by atoms with van der Waals surface area (Å²) in [6.07, 6.45) is 0.337. The maximum atomic E-state index is 12.6. The van der Waals surface area contributed by atoms with Gasteiger partial charge in [0.25, 0.3) is 0 Å². The van der Waals surface area contributed by atoms with Gasteiger partial charge in [-0.2, -0.15) is 4.31 Å². The number of halogens is 2. The van der Waals surface area contributed by atoms with E-state index in [1.807, 2.05) is 0 Å². The highest BCUT2D eigenvalue weighted by Gasteiger charge is 2.42. The number of hydrogen-bond acceptors (Lipinski definition) is 3. The first-order chi connectivity index (χ1) is 9.25. The second-order valence-electron chi connectivity index (χ2n) is 4.66. The molecular formula is C12H13Br2NO4S. The van der Waals surface area contributed by atoms with Crippen molar-refractivity contribution in [1.82, 2.24) is 4.31 Å². The van der Waals surface area contributed by atoms with Crippen LogP contribution in [0.1, 0.15) is 13.3 Å². The van der Waals surface area contributed by atoms with Crippen molar-refractivity contribution in [2.24, 2.45) is 5.92 Å². The van der Waals surface area contributed by atoms with Gasteiger partial charge >= 0.3 is 5.97 Å². The van der Waals surface area contributed by atoms with Crippen molar-refractivity contribution in [3.05, 3.63) is 27.1 Å². The van der Waals surface area contributed by atoms with Crippen molar-refractivity contribution in [2.45, 2.75) is 24.3 Å². The van der Waals surface area contributed by atoms with Crippen LogP contribution in [0.5, 0.6) is 0 Å². The van der Waals surface area contributed by atoms with Crippen LogP contribution < -0.4 is 0 Å². The van der Waals surface area contributed by atoms with Crippen LogP contribution in [0.2, 0.25) is 0 Å². The Kier molecular flexibility index (Phi) is 4.58. The average molecular weight is 427 g/mol. The van der Waals surface area contributed by atoms with Gasteiger partial charge in [-0.1, -0.05) is 15.9 Å². The van der Waals surface area contributed by atoms with Crippen LogP contribution in [0.25, 0.3) is 0 Å². The largest absolute Gasteiger partial charge is 0.481 e. The molecule has 0 spiro atoms. The molecule has 2 atom stereocenters. The summed E-state index contributed by atoms with van der Waals surface area (Å²) in [5.74, 6) is -1.61. The highest BCUT2D eigenvalue weighted by Crippen LogP contribution is 2.34. The minimum atomic E-state index is -3.70. The lowest BCUT2D eigenvalue weighted by Gasteiger charge is -2.23. The summed E-state index contributed by atoms with van der Waals surface area (Å²) in [6, 6.07) is 4.26. The summed E-state index contributed by atoms with van der Waals surface area (Å²) < 4.78 is 27.8. The summed E-state index contributed by atoms with van der Waals surface area (Å²) in [4.78, 5) is 11.2. The second kappa shape index (κ2) is 5.75. The number of aliphatic carboxylic acids is 1. The number of carbonyl (C=O) groups is 1. The molecule has 1 fully saturated rings. The quantitative estimate of drug-likeness (QED) is 0.806. The lowest BCUT2D eigenvalue weighted by Crippen LogP contribution is -2.37. The standard InChI is InChI=1S/C12H13Br2NO4S/c1-7-9(12(16)17)4-5-15(7)20(18,19)11-3-2-8(13)6-10(11)14/h2-3,6-7,9H,4-5H2,1H3,(H,16,17). The van der Waals surface area contributed by atoms with E-state index in [1.54, 1.807) is 19.1 Å². The number of sulfonamides is 1. The van der Waals surface area contributed by atoms with Gasteiger partial charge in [-0.15, -0.1) is 0 Å². The predicted octanol–water partition coefficient (Wildman–Crippen LogP) is 2.70. The van der Waals surface area contributed by atoms with E-state index in [9.17, 15) is 13.2 Å². The minimum absolute atomic E-state index is 0.151. The van der Waals surface area contributed by atoms with Crippen molar-refractivity contribution in [1.29, 1.82) is 0 Å². The Morgan fingerprint density at radius 2 is 2.05 bits per heavy atom. The minimum Gasteiger partial charge on any atom is -0.481 e. The third kappa shape index (κ3) is 2.79. The second-order valence-corrected chi connectivity index (χ2v) is 8.29. The van der Waals surface area contributed by atoms with Crippen molar-refractivity contribution in [3.8, 4) is 0 Å². The number of benzene rings is 1. The maximum absolute atomic E-state index is 12.6. The molecule has 0 amide bonds. The number of nitrogens with zero attached hydrogens (tertiary/aromatic N) is 1. The molecule has 2 rings (SSSR count). The summed E-state index contributed by atoms with van der Waals surface area (Å²) in [5.41, 5.74) is 0. The lowest BCUT2D eigenvalue weighted by molar-refractivity contribution is -0.142. The number of rotatable bonds is 3. The van der Waals surface area contributed by atoms with Crippen LogP contribution in [0.15, 0.2) is 32.0 Å². The Balaban J connectivity index is 2.39. The number of carboxylic acids is 1. The molecule has 0 bridgehead atoms. The van der Waals surface area contributed by atoms with Crippen LogP contribution in [-0.4, -0.2) is 36.4 Å². The monoisotopic (exact) mass is 425 g/mol. The van der Waals surface area contributed by atoms with E-state index in [-0.39, 0.29) is 11.4 Å². The summed E-state index contributed by atoms with van der Waals surface area (Å²) in [6.45, 7) is 1.86. The zero-order valence-corrected chi connectivity index (χ0v) is 14.6. The normalized spacial score (nSPS) is 23.9. The van der Waals surface area contributed by atoms with E-state index in [0.29, 0.717) is 10.9 Å². The van der Waals surface area contributed by atoms with Crippen molar-refractivity contribution in [3.63, 3.8) is 0 Å². The van der Waals surface area contributed by atoms with Gasteiger partial charge in [0.1, 0.15) is 0 Å². The van der Waals surface area contributed by atoms with E-state index < -0.39 is 28.0 Å². The Hall–Kier alpha value is -0.440. The predicted molar refractivity (Wildman–Crippen MR) is 80.9 cm³/mol. The van der Waals surface area contributed by atoms with E-state index in [0.717, 1.165) is 4.47 Å². The molecular weight excluding hydrogens is 414 g/mol. The van der Waals surface area contributed by atoms with E-state index in [1.165, 1.54) is 10.4 Å². The zero-order chi connectivity index (χ0) is 15.1. The van der Waals surface area contributed by atoms with Crippen LogP contribution in [-0.2, 0) is 14.8 Å². The Morgan fingerprint density at radius 1 is 1.40 bits per heavy atom. The summed E-state index contributed by atoms with van der Waals surface area (Å²) in [5, 5.41) is 9.09. The molecule has 2 unspecified atom stereocenters. The SMILES string of the molecule is CC1C(C(=O)O)CCN1S(=O)(=O)c1ccc(Br)cc1Br. The fourth-order valence-electron chi connectivity index (χ4n) is 2.39. The van der Waals surface area contributed by atoms with Crippen molar-refractivity contribution >= 4 is 47.9 Å². The van der Waals surface area contributed by atoms with E-state index >= 15 is 0 Å². The van der Waals surface area contributed by atoms with Gasteiger partial charge < -0.3 is 5.11 Å². The first kappa shape index (κ1) is 15.9. The first-order valence-corrected chi connectivity index (χ1v) is 8.97. The van der Waals surface area contributed by atoms with E-state index in [4.69, 9.17) is 5.11 Å². The lowest BCUT2D eigenvalue weighted by atomic mass is 10.0. The first-order valence-electron chi connectivity index (χ1n) is 5.95. The average Bonchev–Trinajstić information content (AvgIpc) is 2.71. The number of hydrogen-bond donors (Lipinski definition) is 1. The van der Waals surface area contributed by atoms with Crippen LogP contribution >= 0.6 is 31.9 Å². The molecule has 110 valence electrons. The van der Waals surface area contributed by atoms with Gasteiger partial charge in [-0.25, -0.2) is 8.42 Å². The van der Waals surface area contributed by atoms with Gasteiger partial charge in [0.05, 0.1) is 10.8 Å². The molecule has 1 aromatic carbocycles. The summed E-state index contributed by atoms with van der Waals surface area (Å²) in [7, 11) is -3.70. The highest BCUT2D eigenvalue weighted by molar-refractivity contribution is 9.11. The zero-order valence-electron chi connectivity index (χ0n) is 10.6. The maximum Gasteiger partial charge on any atom is 0.308 e. The Labute approximate surface area is 134 Å². The molecule has 1 aliphatic rings. The molecule has 0 aliphatic carbocycles. The molecule has 1 heterocycles. The smallest absolute Gasteiger partial charge is 0.308 e. The molecule has 1 saturated heterocycles. The molecule has 0 aromatic heterocycles. The summed E-state index contributed by atoms with van der Waals surface area (Å²) >= 11 is 6.51. The van der Waals surface area contributed by atoms with Crippen LogP contribution in [0.3, 0.4) is 0 Å². The molecule has 1 aromatic rings. The van der Waals surface area contributed by atoms with Gasteiger partial charge in [-0.05, 0) is 47.5 Å². The third-order valence-corrected chi connectivity index (χ3v) is 6.95. The highest BCUT2D eigenvalue weighted by atomic mass is 79.9. The molecule has 1 aliphatic heterocycles. The third-order valence-electron chi connectivity index (χ3n) is 3.49. The van der Waals surface area contributed by atoms with Crippen LogP contribution in [0.4, 0.5) is 0 Å². The van der Waals surface area contributed by atoms with Gasteiger partial charge in [0.15, 0.2) is 0 Å². The van der Waals surface area contributed by atoms with Gasteiger partial charge in [-0.3, -0.25) is 4.79 Å². The fourth-order valence-corrected chi connectivity index (χ4v) is 5.78. The van der Waals surface area contributed by atoms with E-state index in [2.05, 4.69) is 31.9 Å². The molecule has 1 N–H and O–H groups in total. The molecule has 8 heteroatoms. The topological polar surface area (TPSA) is 74.7 Å². The van der Waals surface area contributed by atoms with Gasteiger partial charge in [0, 0.05) is 21.5 Å². The Morgan fingerprint density at radius 3 is 2.55 bits per heavy atom. The fraction of sp³-hybridized carbons (Fsp3) is 0.417. The van der Waals surface area contributed by atoms with Crippen LogP contribution in [0, 0.1) is 5.92 Å². The Bertz CT molecular complexity index is 647. The molecule has 0 saturated carbocycles. The van der Waals surface area contributed by atoms with Crippen molar-refractivity contribution in [2.75, 3.05) is 6.54 Å².